The van der Waals surface area contributed by atoms with Crippen LogP contribution in [-0.4, -0.2) is 47.5 Å². The molecule has 0 aliphatic heterocycles. The van der Waals surface area contributed by atoms with Gasteiger partial charge in [-0.3, -0.25) is 9.59 Å². The highest BCUT2D eigenvalue weighted by Crippen LogP contribution is 2.30. The summed E-state index contributed by atoms with van der Waals surface area (Å²) in [5.41, 5.74) is 2.09. The van der Waals surface area contributed by atoms with E-state index >= 15 is 0 Å². The molecule has 3 unspecified atom stereocenters. The lowest BCUT2D eigenvalue weighted by atomic mass is 9.91. The summed E-state index contributed by atoms with van der Waals surface area (Å²) in [6.45, 7) is 18.4. The van der Waals surface area contributed by atoms with E-state index in [9.17, 15) is 14.4 Å². The van der Waals surface area contributed by atoms with Crippen LogP contribution in [0, 0.1) is 19.8 Å². The van der Waals surface area contributed by atoms with Crippen LogP contribution in [0.3, 0.4) is 0 Å². The first-order chi connectivity index (χ1) is 17.4. The summed E-state index contributed by atoms with van der Waals surface area (Å²) >= 11 is 0. The van der Waals surface area contributed by atoms with Crippen LogP contribution < -0.4 is 10.6 Å². The summed E-state index contributed by atoms with van der Waals surface area (Å²) in [5.74, 6) is -0.582. The SMILES string of the molecule is CCCCCN(C(=O)C(NC(=O)OC(C)(C)C)C(C)CC)C(C(=O)NCCCC)c1c(C)cccc1C. The number of nitrogens with zero attached hydrogens (tertiary/aromatic N) is 1. The summed E-state index contributed by atoms with van der Waals surface area (Å²) in [6.07, 6.45) is 4.58. The van der Waals surface area contributed by atoms with Crippen LogP contribution in [-0.2, 0) is 14.3 Å². The van der Waals surface area contributed by atoms with Crippen molar-refractivity contribution in [2.24, 2.45) is 5.92 Å². The second kappa shape index (κ2) is 15.6. The molecule has 3 amide bonds. The van der Waals surface area contributed by atoms with Gasteiger partial charge in [-0.05, 0) is 70.1 Å². The lowest BCUT2D eigenvalue weighted by Crippen LogP contribution is -2.55. The van der Waals surface area contributed by atoms with E-state index in [0.717, 1.165) is 48.8 Å². The van der Waals surface area contributed by atoms with Gasteiger partial charge in [-0.1, -0.05) is 71.6 Å². The fraction of sp³-hybridized carbons (Fsp3) is 0.700. The molecule has 3 atom stereocenters. The molecule has 0 aliphatic rings. The van der Waals surface area contributed by atoms with Crippen LogP contribution in [0.25, 0.3) is 0 Å². The standard InChI is InChI=1S/C30H51N3O4/c1-10-13-15-20-33(28(35)25(21(4)12-3)32-29(36)37-30(7,8)9)26(27(34)31-19-14-11-2)24-22(5)17-16-18-23(24)6/h16-18,21,25-26H,10-15,19-20H2,1-9H3,(H,31,34)(H,32,36). The fourth-order valence-electron chi connectivity index (χ4n) is 4.37. The number of hydrogen-bond acceptors (Lipinski definition) is 4. The molecule has 7 heteroatoms. The third kappa shape index (κ3) is 10.4. The molecule has 1 aromatic carbocycles. The maximum atomic E-state index is 14.3. The monoisotopic (exact) mass is 517 g/mol. The molecular weight excluding hydrogens is 466 g/mol. The van der Waals surface area contributed by atoms with Crippen LogP contribution in [0.5, 0.6) is 0 Å². The van der Waals surface area contributed by atoms with Crippen LogP contribution in [0.4, 0.5) is 4.79 Å². The predicted octanol–water partition coefficient (Wildman–Crippen LogP) is 6.22. The molecule has 0 saturated carbocycles. The van der Waals surface area contributed by atoms with Gasteiger partial charge in [0.25, 0.3) is 0 Å². The average molecular weight is 518 g/mol. The van der Waals surface area contributed by atoms with Crippen LogP contribution in [0.15, 0.2) is 18.2 Å². The van der Waals surface area contributed by atoms with E-state index in [-0.39, 0.29) is 17.7 Å². The highest BCUT2D eigenvalue weighted by molar-refractivity contribution is 5.92. The molecule has 0 saturated heterocycles. The number of alkyl carbamates (subject to hydrolysis) is 1. The minimum Gasteiger partial charge on any atom is -0.444 e. The fourth-order valence-corrected chi connectivity index (χ4v) is 4.37. The van der Waals surface area contributed by atoms with Gasteiger partial charge in [0.15, 0.2) is 0 Å². The van der Waals surface area contributed by atoms with Crippen molar-refractivity contribution in [1.29, 1.82) is 0 Å². The molecule has 0 radical (unpaired) electrons. The summed E-state index contributed by atoms with van der Waals surface area (Å²) in [6, 6.07) is 4.34. The van der Waals surface area contributed by atoms with Crippen molar-refractivity contribution in [2.75, 3.05) is 13.1 Å². The highest BCUT2D eigenvalue weighted by Gasteiger charge is 2.38. The molecule has 0 aromatic heterocycles. The number of nitrogens with one attached hydrogen (secondary N) is 2. The molecule has 1 rings (SSSR count). The maximum Gasteiger partial charge on any atom is 0.408 e. The second-order valence-corrected chi connectivity index (χ2v) is 11.1. The molecule has 0 aliphatic carbocycles. The molecule has 0 bridgehead atoms. The number of aryl methyl sites for hydroxylation is 2. The van der Waals surface area contributed by atoms with E-state index in [1.54, 1.807) is 25.7 Å². The first-order valence-corrected chi connectivity index (χ1v) is 14.0. The molecular formula is C30H51N3O4. The molecule has 0 heterocycles. The van der Waals surface area contributed by atoms with Crippen molar-refractivity contribution >= 4 is 17.9 Å². The third-order valence-electron chi connectivity index (χ3n) is 6.64. The maximum absolute atomic E-state index is 14.3. The van der Waals surface area contributed by atoms with Gasteiger partial charge in [0.1, 0.15) is 17.7 Å². The Kier molecular flexibility index (Phi) is 13.7. The number of ether oxygens (including phenoxy) is 1. The van der Waals surface area contributed by atoms with E-state index in [4.69, 9.17) is 4.74 Å². The Hall–Kier alpha value is -2.57. The van der Waals surface area contributed by atoms with Crippen molar-refractivity contribution in [3.05, 3.63) is 34.9 Å². The molecule has 1 aromatic rings. The first-order valence-electron chi connectivity index (χ1n) is 14.0. The van der Waals surface area contributed by atoms with Crippen LogP contribution >= 0.6 is 0 Å². The molecule has 7 nitrogen and oxygen atoms in total. The molecule has 210 valence electrons. The Morgan fingerprint density at radius 1 is 0.973 bits per heavy atom. The zero-order chi connectivity index (χ0) is 28.2. The van der Waals surface area contributed by atoms with Crippen molar-refractivity contribution in [2.45, 2.75) is 119 Å². The summed E-state index contributed by atoms with van der Waals surface area (Å²) in [7, 11) is 0. The number of unbranched alkanes of at least 4 members (excludes halogenated alkanes) is 3. The zero-order valence-corrected chi connectivity index (χ0v) is 24.7. The predicted molar refractivity (Wildman–Crippen MR) is 150 cm³/mol. The topological polar surface area (TPSA) is 87.7 Å². The first kappa shape index (κ1) is 32.5. The molecule has 2 N–H and O–H groups in total. The van der Waals surface area contributed by atoms with Gasteiger partial charge < -0.3 is 20.3 Å². The smallest absolute Gasteiger partial charge is 0.408 e. The third-order valence-corrected chi connectivity index (χ3v) is 6.64. The van der Waals surface area contributed by atoms with Crippen molar-refractivity contribution < 1.29 is 19.1 Å². The minimum absolute atomic E-state index is 0.143. The van der Waals surface area contributed by atoms with Gasteiger partial charge in [0.05, 0.1) is 0 Å². The Morgan fingerprint density at radius 2 is 1.57 bits per heavy atom. The number of rotatable bonds is 14. The Morgan fingerprint density at radius 3 is 2.08 bits per heavy atom. The molecule has 0 fully saturated rings. The lowest BCUT2D eigenvalue weighted by molar-refractivity contribution is -0.143. The van der Waals surface area contributed by atoms with Crippen molar-refractivity contribution in [1.82, 2.24) is 15.5 Å². The van der Waals surface area contributed by atoms with E-state index in [2.05, 4.69) is 24.5 Å². The number of carbonyl (C=O) groups excluding carboxylic acids is 3. The van der Waals surface area contributed by atoms with Crippen LogP contribution in [0.1, 0.15) is 110 Å². The van der Waals surface area contributed by atoms with Crippen LogP contribution in [0.2, 0.25) is 0 Å². The normalized spacial score (nSPS) is 13.9. The van der Waals surface area contributed by atoms with Gasteiger partial charge in [-0.25, -0.2) is 4.79 Å². The van der Waals surface area contributed by atoms with Gasteiger partial charge in [-0.2, -0.15) is 0 Å². The molecule has 0 spiro atoms. The van der Waals surface area contributed by atoms with Crippen molar-refractivity contribution in [3.63, 3.8) is 0 Å². The summed E-state index contributed by atoms with van der Waals surface area (Å²) < 4.78 is 5.49. The lowest BCUT2D eigenvalue weighted by Gasteiger charge is -2.37. The minimum atomic E-state index is -0.809. The quantitative estimate of drug-likeness (QED) is 0.287. The van der Waals surface area contributed by atoms with Gasteiger partial charge in [0.2, 0.25) is 11.8 Å². The zero-order valence-electron chi connectivity index (χ0n) is 24.7. The molecule has 37 heavy (non-hydrogen) atoms. The number of benzene rings is 1. The van der Waals surface area contributed by atoms with E-state index in [0.29, 0.717) is 19.5 Å². The average Bonchev–Trinajstić information content (AvgIpc) is 2.81. The Balaban J connectivity index is 3.57. The Bertz CT molecular complexity index is 858. The van der Waals surface area contributed by atoms with Gasteiger partial charge >= 0.3 is 6.09 Å². The second-order valence-electron chi connectivity index (χ2n) is 11.1. The van der Waals surface area contributed by atoms with Gasteiger partial charge in [0, 0.05) is 13.1 Å². The van der Waals surface area contributed by atoms with Crippen molar-refractivity contribution in [3.8, 4) is 0 Å². The summed E-state index contributed by atoms with van der Waals surface area (Å²) in [4.78, 5) is 42.5. The van der Waals surface area contributed by atoms with E-state index in [1.807, 2.05) is 45.9 Å². The summed E-state index contributed by atoms with van der Waals surface area (Å²) in [5, 5.41) is 5.91. The van der Waals surface area contributed by atoms with Gasteiger partial charge in [-0.15, -0.1) is 0 Å². The van der Waals surface area contributed by atoms with E-state index in [1.165, 1.54) is 0 Å². The Labute approximate surface area is 225 Å². The number of carbonyl (C=O) groups is 3. The number of amides is 3. The highest BCUT2D eigenvalue weighted by atomic mass is 16.6. The number of hydrogen-bond donors (Lipinski definition) is 2. The largest absolute Gasteiger partial charge is 0.444 e. The van der Waals surface area contributed by atoms with E-state index < -0.39 is 23.8 Å².